The third-order valence-electron chi connectivity index (χ3n) is 4.92. The largest absolute Gasteiger partial charge is 0.477 e. The van der Waals surface area contributed by atoms with Crippen molar-refractivity contribution in [3.05, 3.63) is 47.3 Å². The Kier molecular flexibility index (Phi) is 5.30. The van der Waals surface area contributed by atoms with Gasteiger partial charge in [0.25, 0.3) is 0 Å². The number of rotatable bonds is 6. The van der Waals surface area contributed by atoms with E-state index < -0.39 is 17.3 Å². The molecule has 4 N–H and O–H groups in total. The maximum atomic E-state index is 12.6. The van der Waals surface area contributed by atoms with Crippen LogP contribution in [0.25, 0.3) is 17.1 Å². The smallest absolute Gasteiger partial charge is 0.345 e. The van der Waals surface area contributed by atoms with Gasteiger partial charge in [-0.05, 0) is 18.2 Å². The van der Waals surface area contributed by atoms with Crippen LogP contribution < -0.4 is 5.43 Å². The highest BCUT2D eigenvalue weighted by Gasteiger charge is 2.37. The minimum atomic E-state index is -1.35. The van der Waals surface area contributed by atoms with Crippen LogP contribution >= 0.6 is 0 Å². The number of pyridine rings is 1. The first-order valence-electron chi connectivity index (χ1n) is 9.25. The van der Waals surface area contributed by atoms with E-state index in [1.54, 1.807) is 23.5 Å². The fourth-order valence-corrected chi connectivity index (χ4v) is 3.41. The van der Waals surface area contributed by atoms with E-state index in [1.165, 1.54) is 6.08 Å². The Hall–Kier alpha value is -3.21. The molecule has 1 fully saturated rings. The van der Waals surface area contributed by atoms with Crippen molar-refractivity contribution >= 4 is 28.9 Å². The van der Waals surface area contributed by atoms with Crippen molar-refractivity contribution in [2.24, 2.45) is 0 Å². The van der Waals surface area contributed by atoms with Crippen molar-refractivity contribution < 1.29 is 24.5 Å². The SMILES string of the molecule is O=C(O)C1=C(NN2CCN(CCO)CC2)O/C(=C\c2c[nH]c3ncccc23)C1=O. The number of nitrogens with zero attached hydrogens (tertiary/aromatic N) is 3. The quantitative estimate of drug-likeness (QED) is 0.389. The molecule has 0 amide bonds. The van der Waals surface area contributed by atoms with Gasteiger partial charge in [0, 0.05) is 56.1 Å². The Labute approximate surface area is 166 Å². The molecule has 0 radical (unpaired) electrons. The Balaban J connectivity index is 1.53. The number of Topliss-reactive ketones (excluding diaryl/α,β-unsaturated/α-hetero) is 1. The average Bonchev–Trinajstić information content (AvgIpc) is 3.25. The number of ketones is 1. The summed E-state index contributed by atoms with van der Waals surface area (Å²) in [6.45, 7) is 3.31. The number of allylic oxidation sites excluding steroid dienone is 1. The molecule has 0 unspecified atom stereocenters. The first-order valence-corrected chi connectivity index (χ1v) is 9.25. The molecule has 10 heteroatoms. The molecule has 0 bridgehead atoms. The minimum Gasteiger partial charge on any atom is -0.477 e. The molecule has 4 heterocycles. The molecule has 10 nitrogen and oxygen atoms in total. The number of hydrogen-bond acceptors (Lipinski definition) is 8. The van der Waals surface area contributed by atoms with Crippen LogP contribution in [-0.4, -0.2) is 81.2 Å². The van der Waals surface area contributed by atoms with Gasteiger partial charge >= 0.3 is 5.97 Å². The summed E-state index contributed by atoms with van der Waals surface area (Å²) in [5, 5.41) is 21.1. The number of hydrogen-bond donors (Lipinski definition) is 4. The summed E-state index contributed by atoms with van der Waals surface area (Å²) in [7, 11) is 0. The van der Waals surface area contributed by atoms with E-state index in [4.69, 9.17) is 9.84 Å². The number of aliphatic hydroxyl groups is 1. The second-order valence-corrected chi connectivity index (χ2v) is 6.76. The summed E-state index contributed by atoms with van der Waals surface area (Å²) >= 11 is 0. The number of fused-ring (bicyclic) bond motifs is 1. The second kappa shape index (κ2) is 8.03. The van der Waals surface area contributed by atoms with E-state index in [1.807, 2.05) is 6.07 Å². The molecular formula is C19H21N5O5. The van der Waals surface area contributed by atoms with E-state index >= 15 is 0 Å². The average molecular weight is 399 g/mol. The van der Waals surface area contributed by atoms with Gasteiger partial charge < -0.3 is 19.9 Å². The van der Waals surface area contributed by atoms with Crippen LogP contribution in [0.3, 0.4) is 0 Å². The Bertz CT molecular complexity index is 1000. The van der Waals surface area contributed by atoms with E-state index in [0.717, 1.165) is 5.39 Å². The monoisotopic (exact) mass is 399 g/mol. The lowest BCUT2D eigenvalue weighted by atomic mass is 10.1. The number of piperazine rings is 1. The number of carboxylic acids is 1. The molecule has 4 rings (SSSR count). The number of β-amino-alcohol motifs (C(OH)–C–C–N with tert-alkyl or cyclic N) is 1. The van der Waals surface area contributed by atoms with Crippen molar-refractivity contribution in [3.63, 3.8) is 0 Å². The summed E-state index contributed by atoms with van der Waals surface area (Å²) in [4.78, 5) is 33.6. The zero-order valence-electron chi connectivity index (χ0n) is 15.6. The van der Waals surface area contributed by atoms with Crippen LogP contribution in [0.2, 0.25) is 0 Å². The van der Waals surface area contributed by atoms with Crippen molar-refractivity contribution in [2.45, 2.75) is 0 Å². The van der Waals surface area contributed by atoms with Gasteiger partial charge in [0.05, 0.1) is 6.61 Å². The van der Waals surface area contributed by atoms with E-state index in [9.17, 15) is 14.7 Å². The fraction of sp³-hybridized carbons (Fsp3) is 0.316. The predicted molar refractivity (Wildman–Crippen MR) is 103 cm³/mol. The molecule has 2 aromatic heterocycles. The number of carboxylic acid groups (broad SMARTS) is 1. The van der Waals surface area contributed by atoms with Gasteiger partial charge in [-0.1, -0.05) is 0 Å². The third kappa shape index (κ3) is 3.86. The first kappa shape index (κ1) is 19.1. The first-order chi connectivity index (χ1) is 14.1. The molecule has 0 atom stereocenters. The zero-order chi connectivity index (χ0) is 20.4. The van der Waals surface area contributed by atoms with Gasteiger partial charge in [-0.15, -0.1) is 0 Å². The number of carbonyl (C=O) groups is 2. The zero-order valence-corrected chi connectivity index (χ0v) is 15.6. The van der Waals surface area contributed by atoms with Gasteiger partial charge in [0.15, 0.2) is 11.3 Å². The molecule has 29 heavy (non-hydrogen) atoms. The highest BCUT2D eigenvalue weighted by Crippen LogP contribution is 2.27. The molecule has 0 saturated carbocycles. The maximum Gasteiger partial charge on any atom is 0.345 e. The molecule has 0 spiro atoms. The van der Waals surface area contributed by atoms with Crippen LogP contribution in [0.15, 0.2) is 41.7 Å². The number of aromatic nitrogens is 2. The lowest BCUT2D eigenvalue weighted by Crippen LogP contribution is -2.52. The fourth-order valence-electron chi connectivity index (χ4n) is 3.41. The number of aromatic amines is 1. The van der Waals surface area contributed by atoms with Crippen molar-refractivity contribution in [1.82, 2.24) is 25.3 Å². The second-order valence-electron chi connectivity index (χ2n) is 6.76. The number of aliphatic carboxylic acids is 1. The molecule has 2 aromatic rings. The van der Waals surface area contributed by atoms with Crippen LogP contribution in [-0.2, 0) is 14.3 Å². The molecule has 2 aliphatic rings. The summed E-state index contributed by atoms with van der Waals surface area (Å²) in [6.07, 6.45) is 4.85. The Morgan fingerprint density at radius 3 is 2.86 bits per heavy atom. The standard InChI is InChI=1S/C19H21N5O5/c25-9-8-23-4-6-24(7-5-23)22-18-15(19(27)28)16(26)14(29-18)10-12-11-21-17-13(12)2-1-3-20-17/h1-3,10-11,22,25H,4-9H2,(H,20,21)(H,27,28)/b14-10-. The molecule has 152 valence electrons. The molecular weight excluding hydrogens is 378 g/mol. The van der Waals surface area contributed by atoms with Gasteiger partial charge in [0.2, 0.25) is 11.7 Å². The molecule has 0 aromatic carbocycles. The van der Waals surface area contributed by atoms with Gasteiger partial charge in [-0.3, -0.25) is 15.1 Å². The van der Waals surface area contributed by atoms with Crippen molar-refractivity contribution in [2.75, 3.05) is 39.3 Å². The summed E-state index contributed by atoms with van der Waals surface area (Å²) in [5.41, 5.74) is 3.85. The Morgan fingerprint density at radius 1 is 1.34 bits per heavy atom. The number of H-pyrrole nitrogens is 1. The van der Waals surface area contributed by atoms with Crippen LogP contribution in [0.1, 0.15) is 5.56 Å². The minimum absolute atomic E-state index is 0.0615. The normalized spacial score (nSPS) is 19.9. The van der Waals surface area contributed by atoms with Gasteiger partial charge in [-0.25, -0.2) is 14.8 Å². The van der Waals surface area contributed by atoms with Crippen LogP contribution in [0.5, 0.6) is 0 Å². The lowest BCUT2D eigenvalue weighted by Gasteiger charge is -2.34. The number of hydrazine groups is 1. The molecule has 2 aliphatic heterocycles. The number of nitrogens with one attached hydrogen (secondary N) is 2. The third-order valence-corrected chi connectivity index (χ3v) is 4.92. The number of carbonyl (C=O) groups excluding carboxylic acids is 1. The topological polar surface area (TPSA) is 131 Å². The van der Waals surface area contributed by atoms with E-state index in [2.05, 4.69) is 20.3 Å². The predicted octanol–water partition coefficient (Wildman–Crippen LogP) is -0.0862. The Morgan fingerprint density at radius 2 is 2.14 bits per heavy atom. The summed E-state index contributed by atoms with van der Waals surface area (Å²) < 4.78 is 5.62. The van der Waals surface area contributed by atoms with E-state index in [-0.39, 0.29) is 18.2 Å². The van der Waals surface area contributed by atoms with Gasteiger partial charge in [0.1, 0.15) is 5.65 Å². The maximum absolute atomic E-state index is 12.6. The highest BCUT2D eigenvalue weighted by molar-refractivity contribution is 6.26. The van der Waals surface area contributed by atoms with Crippen molar-refractivity contribution in [3.8, 4) is 0 Å². The number of aliphatic hydroxyl groups excluding tert-OH is 1. The number of ether oxygens (including phenoxy) is 1. The highest BCUT2D eigenvalue weighted by atomic mass is 16.5. The lowest BCUT2D eigenvalue weighted by molar-refractivity contribution is -0.134. The van der Waals surface area contributed by atoms with Crippen LogP contribution in [0, 0.1) is 0 Å². The molecule has 0 aliphatic carbocycles. The van der Waals surface area contributed by atoms with Crippen LogP contribution in [0.4, 0.5) is 0 Å². The van der Waals surface area contributed by atoms with E-state index in [0.29, 0.717) is 43.9 Å². The summed E-state index contributed by atoms with van der Waals surface area (Å²) in [5.74, 6) is -2.17. The summed E-state index contributed by atoms with van der Waals surface area (Å²) in [6, 6.07) is 3.63. The molecule has 1 saturated heterocycles. The van der Waals surface area contributed by atoms with Crippen molar-refractivity contribution in [1.29, 1.82) is 0 Å². The van der Waals surface area contributed by atoms with Gasteiger partial charge in [-0.2, -0.15) is 0 Å².